The molecule has 0 atom stereocenters. The predicted octanol–water partition coefficient (Wildman–Crippen LogP) is 0.333. The van der Waals surface area contributed by atoms with Crippen molar-refractivity contribution < 1.29 is 0 Å². The van der Waals surface area contributed by atoms with Crippen LogP contribution in [0.5, 0.6) is 0 Å². The molecule has 0 radical (unpaired) electrons. The highest BCUT2D eigenvalue weighted by atomic mass is 16.1. The molecule has 2 N–H and O–H groups in total. The SMILES string of the molecule is O=c1nc(N2CCNCC2)c2ccccc2[nH]1. The fraction of sp³-hybridized carbons (Fsp3) is 0.333. The summed E-state index contributed by atoms with van der Waals surface area (Å²) in [5.41, 5.74) is 0.568. The van der Waals surface area contributed by atoms with Crippen molar-refractivity contribution in [3.8, 4) is 0 Å². The van der Waals surface area contributed by atoms with Crippen LogP contribution < -0.4 is 15.9 Å². The first kappa shape index (κ1) is 10.3. The summed E-state index contributed by atoms with van der Waals surface area (Å²) in [5.74, 6) is 0.797. The van der Waals surface area contributed by atoms with Gasteiger partial charge in [-0.3, -0.25) is 0 Å². The van der Waals surface area contributed by atoms with E-state index in [1.165, 1.54) is 0 Å². The fourth-order valence-corrected chi connectivity index (χ4v) is 2.20. The zero-order chi connectivity index (χ0) is 11.7. The third kappa shape index (κ3) is 1.89. The standard InChI is InChI=1S/C12H14N4O/c17-12-14-10-4-2-1-3-9(10)11(15-12)16-7-5-13-6-8-16/h1-4,13H,5-8H2,(H,14,15,17). The Kier molecular flexibility index (Phi) is 2.53. The zero-order valence-electron chi connectivity index (χ0n) is 9.44. The molecule has 17 heavy (non-hydrogen) atoms. The Morgan fingerprint density at radius 3 is 2.76 bits per heavy atom. The van der Waals surface area contributed by atoms with E-state index in [0.717, 1.165) is 42.9 Å². The number of nitrogens with one attached hydrogen (secondary N) is 2. The molecule has 1 aromatic carbocycles. The van der Waals surface area contributed by atoms with Gasteiger partial charge in [0.15, 0.2) is 0 Å². The molecule has 2 heterocycles. The number of hydrogen-bond acceptors (Lipinski definition) is 4. The van der Waals surface area contributed by atoms with E-state index in [1.807, 2.05) is 24.3 Å². The van der Waals surface area contributed by atoms with Crippen LogP contribution in [-0.4, -0.2) is 36.1 Å². The number of rotatable bonds is 1. The number of anilines is 1. The van der Waals surface area contributed by atoms with E-state index in [2.05, 4.69) is 20.2 Å². The third-order valence-corrected chi connectivity index (χ3v) is 3.03. The van der Waals surface area contributed by atoms with Gasteiger partial charge in [-0.25, -0.2) is 4.79 Å². The molecule has 1 saturated heterocycles. The molecule has 1 aliphatic heterocycles. The molecule has 1 aromatic heterocycles. The Bertz CT molecular complexity index is 586. The molecule has 0 bridgehead atoms. The summed E-state index contributed by atoms with van der Waals surface area (Å²) in [4.78, 5) is 20.6. The topological polar surface area (TPSA) is 61.0 Å². The second-order valence-corrected chi connectivity index (χ2v) is 4.15. The minimum Gasteiger partial charge on any atom is -0.353 e. The van der Waals surface area contributed by atoms with Crippen molar-refractivity contribution in [1.82, 2.24) is 15.3 Å². The van der Waals surface area contributed by atoms with Gasteiger partial charge in [0.2, 0.25) is 0 Å². The maximum absolute atomic E-state index is 11.5. The zero-order valence-corrected chi connectivity index (χ0v) is 9.44. The summed E-state index contributed by atoms with van der Waals surface area (Å²) in [6.07, 6.45) is 0. The molecule has 0 saturated carbocycles. The van der Waals surface area contributed by atoms with Crippen LogP contribution in [-0.2, 0) is 0 Å². The Labute approximate surface area is 98.5 Å². The molecule has 88 valence electrons. The molecular weight excluding hydrogens is 216 g/mol. The van der Waals surface area contributed by atoms with Crippen LogP contribution >= 0.6 is 0 Å². The van der Waals surface area contributed by atoms with Gasteiger partial charge in [-0.1, -0.05) is 12.1 Å². The Morgan fingerprint density at radius 2 is 1.94 bits per heavy atom. The van der Waals surface area contributed by atoms with E-state index < -0.39 is 0 Å². The number of benzene rings is 1. The van der Waals surface area contributed by atoms with Crippen molar-refractivity contribution in [3.63, 3.8) is 0 Å². The number of H-pyrrole nitrogens is 1. The lowest BCUT2D eigenvalue weighted by atomic mass is 10.2. The molecule has 5 heteroatoms. The van der Waals surface area contributed by atoms with Gasteiger partial charge in [-0.15, -0.1) is 0 Å². The average Bonchev–Trinajstić information content (AvgIpc) is 2.39. The highest BCUT2D eigenvalue weighted by Gasteiger charge is 2.15. The highest BCUT2D eigenvalue weighted by molar-refractivity contribution is 5.89. The fourth-order valence-electron chi connectivity index (χ4n) is 2.20. The number of aromatic nitrogens is 2. The maximum Gasteiger partial charge on any atom is 0.347 e. The predicted molar refractivity (Wildman–Crippen MR) is 67.4 cm³/mol. The van der Waals surface area contributed by atoms with Crippen molar-refractivity contribution in [2.45, 2.75) is 0 Å². The highest BCUT2D eigenvalue weighted by Crippen LogP contribution is 2.21. The first-order chi connectivity index (χ1) is 8.34. The van der Waals surface area contributed by atoms with Gasteiger partial charge in [-0.05, 0) is 12.1 Å². The number of piperazine rings is 1. The molecule has 2 aromatic rings. The van der Waals surface area contributed by atoms with E-state index in [1.54, 1.807) is 0 Å². The minimum absolute atomic E-state index is 0.280. The number of aromatic amines is 1. The lowest BCUT2D eigenvalue weighted by Crippen LogP contribution is -2.44. The molecule has 1 fully saturated rings. The van der Waals surface area contributed by atoms with Gasteiger partial charge in [0.25, 0.3) is 0 Å². The molecule has 5 nitrogen and oxygen atoms in total. The Morgan fingerprint density at radius 1 is 1.18 bits per heavy atom. The van der Waals surface area contributed by atoms with Crippen LogP contribution in [0.4, 0.5) is 5.82 Å². The van der Waals surface area contributed by atoms with Crippen LogP contribution in [0, 0.1) is 0 Å². The normalized spacial score (nSPS) is 16.4. The van der Waals surface area contributed by atoms with Gasteiger partial charge in [0.1, 0.15) is 5.82 Å². The monoisotopic (exact) mass is 230 g/mol. The van der Waals surface area contributed by atoms with Crippen LogP contribution in [0.3, 0.4) is 0 Å². The largest absolute Gasteiger partial charge is 0.353 e. The average molecular weight is 230 g/mol. The van der Waals surface area contributed by atoms with E-state index in [-0.39, 0.29) is 5.69 Å². The van der Waals surface area contributed by atoms with Crippen LogP contribution in [0.1, 0.15) is 0 Å². The van der Waals surface area contributed by atoms with Crippen molar-refractivity contribution in [2.75, 3.05) is 31.1 Å². The quantitative estimate of drug-likeness (QED) is 0.741. The summed E-state index contributed by atoms with van der Waals surface area (Å²) in [6, 6.07) is 7.79. The number of nitrogens with zero attached hydrogens (tertiary/aromatic N) is 2. The second kappa shape index (κ2) is 4.18. The van der Waals surface area contributed by atoms with E-state index in [0.29, 0.717) is 0 Å². The summed E-state index contributed by atoms with van der Waals surface area (Å²) >= 11 is 0. The number of hydrogen-bond donors (Lipinski definition) is 2. The van der Waals surface area contributed by atoms with Crippen molar-refractivity contribution in [2.24, 2.45) is 0 Å². The molecule has 0 spiro atoms. The van der Waals surface area contributed by atoms with E-state index >= 15 is 0 Å². The summed E-state index contributed by atoms with van der Waals surface area (Å²) < 4.78 is 0. The van der Waals surface area contributed by atoms with E-state index in [9.17, 15) is 4.79 Å². The van der Waals surface area contributed by atoms with Crippen LogP contribution in [0.25, 0.3) is 10.9 Å². The minimum atomic E-state index is -0.280. The summed E-state index contributed by atoms with van der Waals surface area (Å²) in [6.45, 7) is 3.65. The molecule has 0 unspecified atom stereocenters. The lowest BCUT2D eigenvalue weighted by Gasteiger charge is -2.28. The van der Waals surface area contributed by atoms with Crippen LogP contribution in [0.15, 0.2) is 29.1 Å². The lowest BCUT2D eigenvalue weighted by molar-refractivity contribution is 0.585. The van der Waals surface area contributed by atoms with Gasteiger partial charge >= 0.3 is 5.69 Å². The summed E-state index contributed by atoms with van der Waals surface area (Å²) in [7, 11) is 0. The number of para-hydroxylation sites is 1. The molecule has 0 aliphatic carbocycles. The van der Waals surface area contributed by atoms with Gasteiger partial charge in [0, 0.05) is 31.6 Å². The number of fused-ring (bicyclic) bond motifs is 1. The first-order valence-corrected chi connectivity index (χ1v) is 5.79. The van der Waals surface area contributed by atoms with Crippen molar-refractivity contribution in [1.29, 1.82) is 0 Å². The Balaban J connectivity index is 2.16. The molecular formula is C12H14N4O. The van der Waals surface area contributed by atoms with Crippen molar-refractivity contribution in [3.05, 3.63) is 34.7 Å². The smallest absolute Gasteiger partial charge is 0.347 e. The van der Waals surface area contributed by atoms with Gasteiger partial charge < -0.3 is 15.2 Å². The van der Waals surface area contributed by atoms with E-state index in [4.69, 9.17) is 0 Å². The first-order valence-electron chi connectivity index (χ1n) is 5.79. The molecule has 1 aliphatic rings. The van der Waals surface area contributed by atoms with Crippen LogP contribution in [0.2, 0.25) is 0 Å². The van der Waals surface area contributed by atoms with Gasteiger partial charge in [-0.2, -0.15) is 4.98 Å². The summed E-state index contributed by atoms with van der Waals surface area (Å²) in [5, 5.41) is 4.30. The third-order valence-electron chi connectivity index (χ3n) is 3.03. The molecule has 0 amide bonds. The van der Waals surface area contributed by atoms with Crippen molar-refractivity contribution >= 4 is 16.7 Å². The Hall–Kier alpha value is -1.88. The maximum atomic E-state index is 11.5. The second-order valence-electron chi connectivity index (χ2n) is 4.15. The molecule has 3 rings (SSSR count). The van der Waals surface area contributed by atoms with Gasteiger partial charge in [0.05, 0.1) is 5.52 Å².